The zero-order valence-electron chi connectivity index (χ0n) is 11.3. The van der Waals surface area contributed by atoms with Gasteiger partial charge >= 0.3 is 5.97 Å². The Hall–Kier alpha value is -0.890. The van der Waals surface area contributed by atoms with Crippen LogP contribution >= 0.6 is 22.6 Å². The number of methoxy groups -OCH3 is 1. The first-order valence-electron chi connectivity index (χ1n) is 6.83. The summed E-state index contributed by atoms with van der Waals surface area (Å²) in [6.45, 7) is 0.803. The molecule has 3 unspecified atom stereocenters. The summed E-state index contributed by atoms with van der Waals surface area (Å²) in [4.78, 5) is 11.6. The fraction of sp³-hybridized carbons (Fsp3) is 0.571. The molecule has 0 aromatic carbocycles. The molecule has 1 fully saturated rings. The van der Waals surface area contributed by atoms with E-state index in [-0.39, 0.29) is 24.2 Å². The van der Waals surface area contributed by atoms with Crippen LogP contribution in [0, 0.1) is 5.92 Å². The molecule has 108 valence electrons. The first kappa shape index (κ1) is 14.1. The number of hydrazone groups is 1. The molecule has 1 aliphatic carbocycles. The number of carbonyl (C=O) groups is 1. The van der Waals surface area contributed by atoms with E-state index in [0.29, 0.717) is 5.57 Å². The highest BCUT2D eigenvalue weighted by Crippen LogP contribution is 2.35. The summed E-state index contributed by atoms with van der Waals surface area (Å²) in [5, 5.41) is 6.69. The van der Waals surface area contributed by atoms with Gasteiger partial charge in [-0.05, 0) is 47.9 Å². The van der Waals surface area contributed by atoms with E-state index in [1.165, 1.54) is 13.5 Å². The molecule has 0 aromatic rings. The number of fused-ring (bicyclic) bond motifs is 1. The maximum Gasteiger partial charge on any atom is 0.337 e. The van der Waals surface area contributed by atoms with Gasteiger partial charge in [0.05, 0.1) is 24.6 Å². The molecular formula is C14H17IN2O3. The molecule has 20 heavy (non-hydrogen) atoms. The minimum absolute atomic E-state index is 0.0567. The predicted octanol–water partition coefficient (Wildman–Crippen LogP) is 2.23. The minimum atomic E-state index is -0.295. The van der Waals surface area contributed by atoms with Crippen LogP contribution in [0.3, 0.4) is 0 Å². The van der Waals surface area contributed by atoms with Gasteiger partial charge in [-0.2, -0.15) is 5.10 Å². The lowest BCUT2D eigenvalue weighted by atomic mass is 9.92. The van der Waals surface area contributed by atoms with E-state index in [2.05, 4.69) is 27.7 Å². The van der Waals surface area contributed by atoms with Gasteiger partial charge in [0.2, 0.25) is 0 Å². The monoisotopic (exact) mass is 388 g/mol. The van der Waals surface area contributed by atoms with Gasteiger partial charge in [0.1, 0.15) is 9.95 Å². The van der Waals surface area contributed by atoms with E-state index in [1.807, 2.05) is 23.2 Å². The molecule has 0 bridgehead atoms. The van der Waals surface area contributed by atoms with Crippen molar-refractivity contribution in [2.24, 2.45) is 11.0 Å². The molecule has 3 aliphatic rings. The normalized spacial score (nSPS) is 32.5. The van der Waals surface area contributed by atoms with Gasteiger partial charge in [0, 0.05) is 6.61 Å². The zero-order chi connectivity index (χ0) is 14.1. The van der Waals surface area contributed by atoms with E-state index in [9.17, 15) is 4.79 Å². The lowest BCUT2D eigenvalue weighted by Gasteiger charge is -2.35. The lowest BCUT2D eigenvalue weighted by molar-refractivity contribution is -0.135. The smallest absolute Gasteiger partial charge is 0.337 e. The summed E-state index contributed by atoms with van der Waals surface area (Å²) in [6, 6.07) is 0.151. The molecule has 3 atom stereocenters. The van der Waals surface area contributed by atoms with Crippen molar-refractivity contribution in [2.75, 3.05) is 13.7 Å². The quantitative estimate of drug-likeness (QED) is 0.538. The van der Waals surface area contributed by atoms with Gasteiger partial charge in [0.15, 0.2) is 0 Å². The number of nitrogens with zero attached hydrogens (tertiary/aromatic N) is 2. The van der Waals surface area contributed by atoms with E-state index >= 15 is 0 Å². The number of hydrogen-bond acceptors (Lipinski definition) is 5. The summed E-state index contributed by atoms with van der Waals surface area (Å²) < 4.78 is 11.6. The molecule has 5 nitrogen and oxygen atoms in total. The van der Waals surface area contributed by atoms with Gasteiger partial charge in [-0.15, -0.1) is 0 Å². The molecule has 3 rings (SSSR count). The highest BCUT2D eigenvalue weighted by Gasteiger charge is 2.39. The molecule has 0 saturated carbocycles. The zero-order valence-corrected chi connectivity index (χ0v) is 13.4. The third-order valence-electron chi connectivity index (χ3n) is 3.86. The molecule has 0 spiro atoms. The summed E-state index contributed by atoms with van der Waals surface area (Å²) in [7, 11) is 1.40. The van der Waals surface area contributed by atoms with Crippen LogP contribution in [0.4, 0.5) is 0 Å². The molecule has 0 N–H and O–H groups in total. The van der Waals surface area contributed by atoms with Crippen molar-refractivity contribution in [3.8, 4) is 0 Å². The first-order chi connectivity index (χ1) is 9.70. The molecule has 0 aromatic heterocycles. The third kappa shape index (κ3) is 2.50. The molecule has 1 saturated heterocycles. The Bertz CT molecular complexity index is 495. The number of ether oxygens (including phenoxy) is 2. The number of halogens is 1. The minimum Gasteiger partial charge on any atom is -0.465 e. The van der Waals surface area contributed by atoms with Gasteiger partial charge < -0.3 is 9.47 Å². The molecule has 6 heteroatoms. The second-order valence-corrected chi connectivity index (χ2v) is 6.22. The number of hydrogen-bond donors (Lipinski definition) is 0. The average molecular weight is 388 g/mol. The van der Waals surface area contributed by atoms with Crippen molar-refractivity contribution in [1.82, 2.24) is 5.01 Å². The van der Waals surface area contributed by atoms with Crippen molar-refractivity contribution in [2.45, 2.75) is 31.5 Å². The van der Waals surface area contributed by atoms with Crippen LogP contribution in [0.1, 0.15) is 19.3 Å². The van der Waals surface area contributed by atoms with Crippen molar-refractivity contribution in [1.29, 1.82) is 0 Å². The standard InChI is InChI=1S/C14H17IN2O3/c1-19-14(18)9-5-6-11-10(8-9)13(15)16-17(11)12-4-2-3-7-20-12/h5-6,8,10-12H,2-4,7H2,1H3. The van der Waals surface area contributed by atoms with Crippen LogP contribution in [-0.2, 0) is 14.3 Å². The number of rotatable bonds is 2. The number of esters is 1. The average Bonchev–Trinajstić information content (AvgIpc) is 2.84. The first-order valence-corrected chi connectivity index (χ1v) is 7.91. The Morgan fingerprint density at radius 2 is 2.40 bits per heavy atom. The van der Waals surface area contributed by atoms with Crippen molar-refractivity contribution in [3.63, 3.8) is 0 Å². The van der Waals surface area contributed by atoms with Crippen molar-refractivity contribution in [3.05, 3.63) is 23.8 Å². The van der Waals surface area contributed by atoms with Gasteiger partial charge in [0.25, 0.3) is 0 Å². The maximum atomic E-state index is 11.6. The summed E-state index contributed by atoms with van der Waals surface area (Å²) in [5.41, 5.74) is 0.601. The lowest BCUT2D eigenvalue weighted by Crippen LogP contribution is -2.42. The highest BCUT2D eigenvalue weighted by atomic mass is 127. The second-order valence-electron chi connectivity index (χ2n) is 5.11. The Labute approximate surface area is 131 Å². The Balaban J connectivity index is 1.79. The van der Waals surface area contributed by atoms with Gasteiger partial charge in [-0.3, -0.25) is 5.01 Å². The molecule has 2 heterocycles. The molecule has 2 aliphatic heterocycles. The van der Waals surface area contributed by atoms with Crippen LogP contribution in [0.25, 0.3) is 0 Å². The summed E-state index contributed by atoms with van der Waals surface area (Å²) in [5.74, 6) is -0.170. The maximum absolute atomic E-state index is 11.6. The Morgan fingerprint density at radius 3 is 3.10 bits per heavy atom. The van der Waals surface area contributed by atoms with Gasteiger partial charge in [-0.25, -0.2) is 4.79 Å². The summed E-state index contributed by atoms with van der Waals surface area (Å²) in [6.07, 6.45) is 9.18. The van der Waals surface area contributed by atoms with E-state index in [1.54, 1.807) is 0 Å². The highest BCUT2D eigenvalue weighted by molar-refractivity contribution is 14.1. The van der Waals surface area contributed by atoms with Crippen molar-refractivity contribution < 1.29 is 14.3 Å². The molecular weight excluding hydrogens is 371 g/mol. The van der Waals surface area contributed by atoms with E-state index in [0.717, 1.165) is 23.2 Å². The fourth-order valence-corrected chi connectivity index (χ4v) is 3.62. The molecule has 0 amide bonds. The fourth-order valence-electron chi connectivity index (χ4n) is 2.82. The van der Waals surface area contributed by atoms with Crippen LogP contribution in [0.5, 0.6) is 0 Å². The SMILES string of the molecule is COC(=O)C1=CC2C(I)=NN(C3CCCCO3)C2C=C1. The van der Waals surface area contributed by atoms with Crippen LogP contribution in [-0.4, -0.2) is 40.7 Å². The van der Waals surface area contributed by atoms with Crippen molar-refractivity contribution >= 4 is 32.3 Å². The van der Waals surface area contributed by atoms with Crippen LogP contribution in [0.2, 0.25) is 0 Å². The van der Waals surface area contributed by atoms with Crippen LogP contribution in [0.15, 0.2) is 28.9 Å². The predicted molar refractivity (Wildman–Crippen MR) is 83.4 cm³/mol. The molecule has 0 radical (unpaired) electrons. The third-order valence-corrected chi connectivity index (χ3v) is 4.80. The van der Waals surface area contributed by atoms with E-state index in [4.69, 9.17) is 9.47 Å². The van der Waals surface area contributed by atoms with Gasteiger partial charge in [-0.1, -0.05) is 12.2 Å². The second kappa shape index (κ2) is 5.85. The topological polar surface area (TPSA) is 51.1 Å². The van der Waals surface area contributed by atoms with E-state index < -0.39 is 0 Å². The van der Waals surface area contributed by atoms with Crippen LogP contribution < -0.4 is 0 Å². The summed E-state index contributed by atoms with van der Waals surface area (Å²) >= 11 is 2.25. The largest absolute Gasteiger partial charge is 0.465 e. The Kier molecular flexibility index (Phi) is 4.11. The number of carbonyl (C=O) groups excluding carboxylic acids is 1. The Morgan fingerprint density at radius 1 is 1.55 bits per heavy atom.